The number of amides is 1. The largest absolute Gasteiger partial charge is 0.466 e. The van der Waals surface area contributed by atoms with Crippen LogP contribution in [-0.4, -0.2) is 37.3 Å². The molecule has 0 bridgehead atoms. The maximum atomic E-state index is 12.2. The molecule has 25 heavy (non-hydrogen) atoms. The van der Waals surface area contributed by atoms with Crippen LogP contribution in [0, 0.1) is 5.92 Å². The molecule has 138 valence electrons. The maximum Gasteiger partial charge on any atom is 0.408 e. The Balaban J connectivity index is 2.60. The number of rotatable bonds is 8. The number of carbonyl (C=O) groups is 3. The van der Waals surface area contributed by atoms with E-state index in [1.54, 1.807) is 0 Å². The maximum absolute atomic E-state index is 12.2. The van der Waals surface area contributed by atoms with Crippen LogP contribution >= 0.6 is 0 Å². The van der Waals surface area contributed by atoms with Crippen LogP contribution in [0.5, 0.6) is 0 Å². The van der Waals surface area contributed by atoms with Crippen LogP contribution in [0.2, 0.25) is 0 Å². The molecule has 1 aromatic rings. The Morgan fingerprint density at radius 2 is 1.68 bits per heavy atom. The van der Waals surface area contributed by atoms with Gasteiger partial charge in [0, 0.05) is 0 Å². The number of carbonyl (C=O) groups excluding carboxylic acids is 3. The summed E-state index contributed by atoms with van der Waals surface area (Å²) in [6.07, 6.45) is -1.42. The molecule has 7 heteroatoms. The van der Waals surface area contributed by atoms with Crippen LogP contribution in [0.15, 0.2) is 30.3 Å². The van der Waals surface area contributed by atoms with Crippen molar-refractivity contribution in [1.82, 2.24) is 5.32 Å². The molecule has 0 aliphatic heterocycles. The monoisotopic (exact) mass is 351 g/mol. The van der Waals surface area contributed by atoms with Crippen molar-refractivity contribution >= 4 is 18.0 Å². The van der Waals surface area contributed by atoms with Crippen LogP contribution in [0.25, 0.3) is 0 Å². The van der Waals surface area contributed by atoms with Gasteiger partial charge in [-0.05, 0) is 24.8 Å². The lowest BCUT2D eigenvalue weighted by atomic mass is 10.0. The molecule has 0 unspecified atom stereocenters. The second-order valence-corrected chi connectivity index (χ2v) is 5.99. The highest BCUT2D eigenvalue weighted by molar-refractivity contribution is 5.84. The molecule has 0 fully saturated rings. The summed E-state index contributed by atoms with van der Waals surface area (Å²) in [4.78, 5) is 35.5. The molecule has 0 spiro atoms. The molecule has 0 radical (unpaired) electrons. The zero-order valence-electron chi connectivity index (χ0n) is 15.0. The predicted octanol–water partition coefficient (Wildman–Crippen LogP) is 2.43. The predicted molar refractivity (Wildman–Crippen MR) is 90.6 cm³/mol. The van der Waals surface area contributed by atoms with Crippen molar-refractivity contribution in [3.05, 3.63) is 35.9 Å². The molecule has 1 aromatic carbocycles. The van der Waals surface area contributed by atoms with Crippen molar-refractivity contribution in [1.29, 1.82) is 0 Å². The second-order valence-electron chi connectivity index (χ2n) is 5.99. The lowest BCUT2D eigenvalue weighted by molar-refractivity contribution is -0.166. The Morgan fingerprint density at radius 3 is 2.24 bits per heavy atom. The van der Waals surface area contributed by atoms with Gasteiger partial charge in [-0.15, -0.1) is 0 Å². The Labute approximate surface area is 147 Å². The standard InChI is InChI=1S/C18H25NO6/c1-12(2)10-15(17(21)25-13(3)16(20)23-4)19-18(22)24-11-14-8-6-5-7-9-14/h5-9,12-13,15H,10-11H2,1-4H3,(H,19,22)/t13-,15-/m0/s1. The van der Waals surface area contributed by atoms with Crippen molar-refractivity contribution < 1.29 is 28.6 Å². The van der Waals surface area contributed by atoms with E-state index in [9.17, 15) is 14.4 Å². The highest BCUT2D eigenvalue weighted by Crippen LogP contribution is 2.09. The fraction of sp³-hybridized carbons (Fsp3) is 0.500. The second kappa shape index (κ2) is 10.3. The van der Waals surface area contributed by atoms with Gasteiger partial charge in [0.2, 0.25) is 0 Å². The van der Waals surface area contributed by atoms with E-state index < -0.39 is 30.2 Å². The van der Waals surface area contributed by atoms with Gasteiger partial charge in [0.05, 0.1) is 7.11 Å². The van der Waals surface area contributed by atoms with E-state index in [0.29, 0.717) is 6.42 Å². The van der Waals surface area contributed by atoms with E-state index in [1.807, 2.05) is 44.2 Å². The molecular weight excluding hydrogens is 326 g/mol. The van der Waals surface area contributed by atoms with Crippen molar-refractivity contribution in [2.75, 3.05) is 7.11 Å². The number of hydrogen-bond acceptors (Lipinski definition) is 6. The number of alkyl carbamates (subject to hydrolysis) is 1. The molecule has 1 N–H and O–H groups in total. The van der Waals surface area contributed by atoms with Gasteiger partial charge < -0.3 is 19.5 Å². The van der Waals surface area contributed by atoms with Gasteiger partial charge in [0.25, 0.3) is 0 Å². The van der Waals surface area contributed by atoms with Gasteiger partial charge in [-0.25, -0.2) is 14.4 Å². The lowest BCUT2D eigenvalue weighted by Gasteiger charge is -2.20. The summed E-state index contributed by atoms with van der Waals surface area (Å²) in [5.74, 6) is -1.24. The quantitative estimate of drug-likeness (QED) is 0.571. The van der Waals surface area contributed by atoms with E-state index in [1.165, 1.54) is 14.0 Å². The number of benzene rings is 1. The fourth-order valence-corrected chi connectivity index (χ4v) is 2.06. The molecule has 2 atom stereocenters. The van der Waals surface area contributed by atoms with Gasteiger partial charge in [-0.3, -0.25) is 0 Å². The van der Waals surface area contributed by atoms with E-state index in [4.69, 9.17) is 9.47 Å². The molecule has 7 nitrogen and oxygen atoms in total. The van der Waals surface area contributed by atoms with Crippen molar-refractivity contribution in [2.45, 2.75) is 45.9 Å². The zero-order chi connectivity index (χ0) is 18.8. The number of ether oxygens (including phenoxy) is 3. The van der Waals surface area contributed by atoms with Crippen molar-refractivity contribution in [3.8, 4) is 0 Å². The first-order valence-electron chi connectivity index (χ1n) is 8.09. The minimum atomic E-state index is -1.05. The van der Waals surface area contributed by atoms with Gasteiger partial charge in [0.15, 0.2) is 6.10 Å². The molecule has 0 saturated heterocycles. The van der Waals surface area contributed by atoms with Gasteiger partial charge in [0.1, 0.15) is 12.6 Å². The first-order chi connectivity index (χ1) is 11.8. The smallest absolute Gasteiger partial charge is 0.408 e. The Hall–Kier alpha value is -2.57. The minimum Gasteiger partial charge on any atom is -0.466 e. The summed E-state index contributed by atoms with van der Waals surface area (Å²) in [6.45, 7) is 5.31. The van der Waals surface area contributed by atoms with Crippen molar-refractivity contribution in [3.63, 3.8) is 0 Å². The zero-order valence-corrected chi connectivity index (χ0v) is 15.0. The molecule has 0 aromatic heterocycles. The van der Waals surface area contributed by atoms with E-state index in [0.717, 1.165) is 5.56 Å². The van der Waals surface area contributed by atoms with Crippen LogP contribution in [-0.2, 0) is 30.4 Å². The third-order valence-electron chi connectivity index (χ3n) is 3.32. The van der Waals surface area contributed by atoms with Crippen molar-refractivity contribution in [2.24, 2.45) is 5.92 Å². The number of hydrogen-bond donors (Lipinski definition) is 1. The third kappa shape index (κ3) is 7.69. The van der Waals surface area contributed by atoms with E-state index >= 15 is 0 Å². The van der Waals surface area contributed by atoms with Crippen LogP contribution in [0.3, 0.4) is 0 Å². The highest BCUT2D eigenvalue weighted by atomic mass is 16.6. The van der Waals surface area contributed by atoms with Gasteiger partial charge in [-0.2, -0.15) is 0 Å². The van der Waals surface area contributed by atoms with E-state index in [-0.39, 0.29) is 12.5 Å². The number of nitrogens with one attached hydrogen (secondary N) is 1. The first-order valence-corrected chi connectivity index (χ1v) is 8.09. The minimum absolute atomic E-state index is 0.0919. The summed E-state index contributed by atoms with van der Waals surface area (Å²) in [5, 5.41) is 2.49. The summed E-state index contributed by atoms with van der Waals surface area (Å²) >= 11 is 0. The summed E-state index contributed by atoms with van der Waals surface area (Å²) in [7, 11) is 1.21. The Morgan fingerprint density at radius 1 is 1.04 bits per heavy atom. The first kappa shape index (κ1) is 20.5. The molecule has 1 amide bonds. The third-order valence-corrected chi connectivity index (χ3v) is 3.32. The summed E-state index contributed by atoms with van der Waals surface area (Å²) in [6, 6.07) is 8.28. The summed E-state index contributed by atoms with van der Waals surface area (Å²) in [5.41, 5.74) is 0.833. The number of methoxy groups -OCH3 is 1. The normalized spacial score (nSPS) is 12.8. The molecule has 0 aliphatic rings. The number of esters is 2. The lowest BCUT2D eigenvalue weighted by Crippen LogP contribution is -2.44. The SMILES string of the molecule is COC(=O)[C@H](C)OC(=O)[C@H](CC(C)C)NC(=O)OCc1ccccc1. The average Bonchev–Trinajstić information content (AvgIpc) is 2.59. The molecule has 0 aliphatic carbocycles. The topological polar surface area (TPSA) is 90.9 Å². The van der Waals surface area contributed by atoms with Crippen LogP contribution < -0.4 is 5.32 Å². The molecular formula is C18H25NO6. The average molecular weight is 351 g/mol. The fourth-order valence-electron chi connectivity index (χ4n) is 2.06. The Kier molecular flexibility index (Phi) is 8.46. The highest BCUT2D eigenvalue weighted by Gasteiger charge is 2.28. The van der Waals surface area contributed by atoms with E-state index in [2.05, 4.69) is 10.1 Å². The Bertz CT molecular complexity index is 572. The molecule has 0 heterocycles. The van der Waals surface area contributed by atoms with Gasteiger partial charge >= 0.3 is 18.0 Å². The van der Waals surface area contributed by atoms with Crippen LogP contribution in [0.1, 0.15) is 32.8 Å². The molecule has 1 rings (SSSR count). The molecule has 0 saturated carbocycles. The summed E-state index contributed by atoms with van der Waals surface area (Å²) < 4.78 is 14.7. The van der Waals surface area contributed by atoms with Gasteiger partial charge in [-0.1, -0.05) is 44.2 Å². The van der Waals surface area contributed by atoms with Crippen LogP contribution in [0.4, 0.5) is 4.79 Å².